The summed E-state index contributed by atoms with van der Waals surface area (Å²) in [5.41, 5.74) is 0.369. The zero-order chi connectivity index (χ0) is 9.14. The summed E-state index contributed by atoms with van der Waals surface area (Å²) in [7, 11) is 0. The van der Waals surface area contributed by atoms with Crippen LogP contribution in [-0.4, -0.2) is 10.1 Å². The number of hydrogen-bond acceptors (Lipinski definition) is 2. The molecule has 1 aromatic rings. The summed E-state index contributed by atoms with van der Waals surface area (Å²) in [5.74, 6) is 0. The molecule has 0 saturated heterocycles. The van der Waals surface area contributed by atoms with Gasteiger partial charge in [0.25, 0.3) is 6.43 Å². The molecule has 0 aliphatic carbocycles. The molecule has 0 aliphatic heterocycles. The van der Waals surface area contributed by atoms with Gasteiger partial charge in [-0.25, -0.2) is 8.78 Å². The van der Waals surface area contributed by atoms with Gasteiger partial charge >= 0.3 is 0 Å². The maximum atomic E-state index is 12.3. The Morgan fingerprint density at radius 2 is 2.25 bits per heavy atom. The van der Waals surface area contributed by atoms with E-state index in [0.717, 1.165) is 0 Å². The number of hydrogen-bond donors (Lipinski definition) is 1. The number of aliphatic hydroxyl groups excluding tert-OH is 1. The maximum Gasteiger partial charge on any atom is 0.265 e. The van der Waals surface area contributed by atoms with Crippen LogP contribution in [0.25, 0.3) is 0 Å². The molecule has 0 radical (unpaired) electrons. The molecular formula is C8H9F2NO. The minimum Gasteiger partial charge on any atom is -0.392 e. The summed E-state index contributed by atoms with van der Waals surface area (Å²) in [6.07, 6.45) is -1.16. The van der Waals surface area contributed by atoms with Crippen molar-refractivity contribution in [3.63, 3.8) is 0 Å². The van der Waals surface area contributed by atoms with Gasteiger partial charge in [-0.2, -0.15) is 0 Å². The lowest BCUT2D eigenvalue weighted by atomic mass is 10.1. The fraction of sp³-hybridized carbons (Fsp3) is 0.375. The standard InChI is InChI=1S/C8H9F2NO/c1-5-7(8(9)10)6(4-12)2-3-11-5/h2-3,8,12H,4H2,1H3. The van der Waals surface area contributed by atoms with Crippen LogP contribution in [-0.2, 0) is 6.61 Å². The van der Waals surface area contributed by atoms with E-state index in [1.54, 1.807) is 0 Å². The van der Waals surface area contributed by atoms with Crippen molar-refractivity contribution in [1.29, 1.82) is 0 Å². The molecule has 0 aliphatic rings. The highest BCUT2D eigenvalue weighted by Crippen LogP contribution is 2.24. The summed E-state index contributed by atoms with van der Waals surface area (Å²) in [5, 5.41) is 8.73. The Labute approximate surface area is 68.9 Å². The zero-order valence-electron chi connectivity index (χ0n) is 6.59. The number of rotatable bonds is 2. The van der Waals surface area contributed by atoms with Crippen molar-refractivity contribution in [3.05, 3.63) is 29.1 Å². The van der Waals surface area contributed by atoms with E-state index in [-0.39, 0.29) is 23.4 Å². The van der Waals surface area contributed by atoms with Crippen LogP contribution in [0.3, 0.4) is 0 Å². The number of aryl methyl sites for hydroxylation is 1. The molecule has 0 atom stereocenters. The molecule has 66 valence electrons. The predicted octanol–water partition coefficient (Wildman–Crippen LogP) is 1.82. The van der Waals surface area contributed by atoms with Gasteiger partial charge < -0.3 is 5.11 Å². The van der Waals surface area contributed by atoms with Crippen molar-refractivity contribution in [3.8, 4) is 0 Å². The molecule has 1 heterocycles. The van der Waals surface area contributed by atoms with E-state index in [1.807, 2.05) is 0 Å². The molecule has 4 heteroatoms. The Morgan fingerprint density at radius 1 is 1.58 bits per heavy atom. The first-order valence-electron chi connectivity index (χ1n) is 3.50. The molecule has 0 saturated carbocycles. The third-order valence-electron chi connectivity index (χ3n) is 1.67. The average molecular weight is 173 g/mol. The van der Waals surface area contributed by atoms with Crippen molar-refractivity contribution in [2.24, 2.45) is 0 Å². The van der Waals surface area contributed by atoms with Crippen LogP contribution in [0.1, 0.15) is 23.2 Å². The monoisotopic (exact) mass is 173 g/mol. The lowest BCUT2D eigenvalue weighted by Crippen LogP contribution is -1.99. The number of aliphatic hydroxyl groups is 1. The van der Waals surface area contributed by atoms with Gasteiger partial charge in [0.05, 0.1) is 6.61 Å². The van der Waals surface area contributed by atoms with Crippen LogP contribution >= 0.6 is 0 Å². The first-order valence-corrected chi connectivity index (χ1v) is 3.50. The van der Waals surface area contributed by atoms with Gasteiger partial charge in [-0.3, -0.25) is 4.98 Å². The van der Waals surface area contributed by atoms with E-state index in [0.29, 0.717) is 0 Å². The van der Waals surface area contributed by atoms with Gasteiger partial charge in [-0.1, -0.05) is 0 Å². The molecule has 1 rings (SSSR count). The van der Waals surface area contributed by atoms with E-state index in [9.17, 15) is 8.78 Å². The van der Waals surface area contributed by atoms with Crippen molar-refractivity contribution < 1.29 is 13.9 Å². The molecule has 0 unspecified atom stereocenters. The van der Waals surface area contributed by atoms with Gasteiger partial charge in [0.1, 0.15) is 0 Å². The third kappa shape index (κ3) is 1.58. The average Bonchev–Trinajstić information content (AvgIpc) is 2.03. The van der Waals surface area contributed by atoms with Gasteiger partial charge in [0.15, 0.2) is 0 Å². The molecule has 0 amide bonds. The van der Waals surface area contributed by atoms with E-state index < -0.39 is 6.43 Å². The zero-order valence-corrected chi connectivity index (χ0v) is 6.59. The van der Waals surface area contributed by atoms with E-state index in [4.69, 9.17) is 5.11 Å². The first kappa shape index (κ1) is 9.06. The van der Waals surface area contributed by atoms with Gasteiger partial charge in [0.2, 0.25) is 0 Å². The highest BCUT2D eigenvalue weighted by atomic mass is 19.3. The Balaban J connectivity index is 3.20. The molecule has 0 fully saturated rings. The van der Waals surface area contributed by atoms with Crippen molar-refractivity contribution in [2.75, 3.05) is 0 Å². The van der Waals surface area contributed by atoms with Crippen molar-refractivity contribution >= 4 is 0 Å². The summed E-state index contributed by atoms with van der Waals surface area (Å²) in [4.78, 5) is 3.72. The number of pyridine rings is 1. The van der Waals surface area contributed by atoms with Crippen LogP contribution in [0, 0.1) is 6.92 Å². The summed E-state index contributed by atoms with van der Waals surface area (Å²) >= 11 is 0. The van der Waals surface area contributed by atoms with Crippen LogP contribution in [0.4, 0.5) is 8.78 Å². The summed E-state index contributed by atoms with van der Waals surface area (Å²) in [6, 6.07) is 1.40. The normalized spacial score (nSPS) is 10.8. The Hall–Kier alpha value is -1.03. The van der Waals surface area contributed by atoms with Crippen molar-refractivity contribution in [1.82, 2.24) is 4.98 Å². The molecule has 1 aromatic heterocycles. The van der Waals surface area contributed by atoms with Crippen LogP contribution in [0.15, 0.2) is 12.3 Å². The number of alkyl halides is 2. The molecule has 0 spiro atoms. The second-order valence-corrected chi connectivity index (χ2v) is 2.43. The molecule has 1 N–H and O–H groups in total. The van der Waals surface area contributed by atoms with Crippen molar-refractivity contribution in [2.45, 2.75) is 20.0 Å². The maximum absolute atomic E-state index is 12.3. The largest absolute Gasteiger partial charge is 0.392 e. The van der Waals surface area contributed by atoms with Crippen LogP contribution in [0.5, 0.6) is 0 Å². The highest BCUT2D eigenvalue weighted by molar-refractivity contribution is 5.29. The minimum absolute atomic E-state index is 0.153. The Kier molecular flexibility index (Phi) is 2.70. The van der Waals surface area contributed by atoms with Gasteiger partial charge in [-0.15, -0.1) is 0 Å². The highest BCUT2D eigenvalue weighted by Gasteiger charge is 2.15. The van der Waals surface area contributed by atoms with Gasteiger partial charge in [-0.05, 0) is 18.6 Å². The Morgan fingerprint density at radius 3 is 2.67 bits per heavy atom. The lowest BCUT2D eigenvalue weighted by Gasteiger charge is -2.07. The SMILES string of the molecule is Cc1nccc(CO)c1C(F)F. The molecular weight excluding hydrogens is 164 g/mol. The second-order valence-electron chi connectivity index (χ2n) is 2.43. The number of halogens is 2. The lowest BCUT2D eigenvalue weighted by molar-refractivity contribution is 0.145. The summed E-state index contributed by atoms with van der Waals surface area (Å²) < 4.78 is 24.6. The second kappa shape index (κ2) is 3.58. The number of nitrogens with zero attached hydrogens (tertiary/aromatic N) is 1. The Bertz CT molecular complexity index is 276. The fourth-order valence-electron chi connectivity index (χ4n) is 1.07. The minimum atomic E-state index is -2.57. The molecule has 2 nitrogen and oxygen atoms in total. The molecule has 0 aromatic carbocycles. The molecule has 0 bridgehead atoms. The third-order valence-corrected chi connectivity index (χ3v) is 1.67. The predicted molar refractivity (Wildman–Crippen MR) is 39.9 cm³/mol. The van der Waals surface area contributed by atoms with E-state index in [1.165, 1.54) is 19.2 Å². The number of aromatic nitrogens is 1. The fourth-order valence-corrected chi connectivity index (χ4v) is 1.07. The van der Waals surface area contributed by atoms with Gasteiger partial charge in [0, 0.05) is 17.5 Å². The van der Waals surface area contributed by atoms with Crippen LogP contribution in [0.2, 0.25) is 0 Å². The van der Waals surface area contributed by atoms with Crippen LogP contribution < -0.4 is 0 Å². The quantitative estimate of drug-likeness (QED) is 0.739. The first-order chi connectivity index (χ1) is 5.66. The van der Waals surface area contributed by atoms with E-state index in [2.05, 4.69) is 4.98 Å². The molecule has 12 heavy (non-hydrogen) atoms. The smallest absolute Gasteiger partial charge is 0.265 e. The summed E-state index contributed by atoms with van der Waals surface area (Å²) in [6.45, 7) is 1.13. The van der Waals surface area contributed by atoms with E-state index >= 15 is 0 Å². The topological polar surface area (TPSA) is 33.1 Å².